The molecular formula is C15H13NO3S. The van der Waals surface area contributed by atoms with Gasteiger partial charge in [-0.2, -0.15) is 0 Å². The van der Waals surface area contributed by atoms with Gasteiger partial charge in [-0.3, -0.25) is 0 Å². The Hall–Kier alpha value is -2.14. The molecule has 0 bridgehead atoms. The molecule has 1 aliphatic rings. The van der Waals surface area contributed by atoms with Gasteiger partial charge in [0.2, 0.25) is 0 Å². The maximum atomic E-state index is 12.2. The normalized spacial score (nSPS) is 19.6. The summed E-state index contributed by atoms with van der Waals surface area (Å²) in [5.74, 6) is 1.10. The lowest BCUT2D eigenvalue weighted by molar-refractivity contribution is 0.481. The Balaban J connectivity index is 2.03. The molecule has 0 amide bonds. The molecule has 0 fully saturated rings. The lowest BCUT2D eigenvalue weighted by Gasteiger charge is -2.07. The standard InChI is InChI=1S/C15H13NO3S/c1-10-15(16)13-8-7-12(9-14(13)20(10,17)18)19-11-5-3-2-4-6-11/h2-10,16H,1H3/t10-/m1/s1. The summed E-state index contributed by atoms with van der Waals surface area (Å²) in [6.45, 7) is 1.54. The van der Waals surface area contributed by atoms with E-state index in [9.17, 15) is 8.42 Å². The van der Waals surface area contributed by atoms with Crippen molar-refractivity contribution >= 4 is 15.5 Å². The molecule has 0 unspecified atom stereocenters. The lowest BCUT2D eigenvalue weighted by Crippen LogP contribution is -2.17. The number of benzene rings is 2. The van der Waals surface area contributed by atoms with Gasteiger partial charge in [0.1, 0.15) is 16.7 Å². The highest BCUT2D eigenvalue weighted by molar-refractivity contribution is 7.93. The molecular weight excluding hydrogens is 274 g/mol. The van der Waals surface area contributed by atoms with E-state index in [0.717, 1.165) is 0 Å². The van der Waals surface area contributed by atoms with Gasteiger partial charge in [-0.15, -0.1) is 0 Å². The van der Waals surface area contributed by atoms with Gasteiger partial charge in [0.25, 0.3) is 0 Å². The Kier molecular flexibility index (Phi) is 2.87. The fourth-order valence-corrected chi connectivity index (χ4v) is 3.80. The molecule has 1 aliphatic heterocycles. The number of rotatable bonds is 2. The number of fused-ring (bicyclic) bond motifs is 1. The van der Waals surface area contributed by atoms with Crippen LogP contribution in [0.3, 0.4) is 0 Å². The molecule has 1 atom stereocenters. The minimum Gasteiger partial charge on any atom is -0.457 e. The van der Waals surface area contributed by atoms with Crippen molar-refractivity contribution in [3.63, 3.8) is 0 Å². The van der Waals surface area contributed by atoms with E-state index in [1.54, 1.807) is 24.3 Å². The van der Waals surface area contributed by atoms with Crippen LogP contribution in [0.25, 0.3) is 0 Å². The number of hydrogen-bond donors (Lipinski definition) is 1. The summed E-state index contributed by atoms with van der Waals surface area (Å²) in [6.07, 6.45) is 0. The van der Waals surface area contributed by atoms with Crippen molar-refractivity contribution < 1.29 is 13.2 Å². The summed E-state index contributed by atoms with van der Waals surface area (Å²) in [7, 11) is -3.45. The van der Waals surface area contributed by atoms with Crippen molar-refractivity contribution in [2.45, 2.75) is 17.1 Å². The summed E-state index contributed by atoms with van der Waals surface area (Å²) in [6, 6.07) is 14.0. The van der Waals surface area contributed by atoms with Crippen LogP contribution in [0.1, 0.15) is 12.5 Å². The van der Waals surface area contributed by atoms with Gasteiger partial charge in [-0.25, -0.2) is 8.42 Å². The smallest absolute Gasteiger partial charge is 0.187 e. The molecule has 3 rings (SSSR count). The van der Waals surface area contributed by atoms with Crippen molar-refractivity contribution in [1.29, 1.82) is 5.41 Å². The van der Waals surface area contributed by atoms with Crippen LogP contribution in [-0.2, 0) is 9.84 Å². The lowest BCUT2D eigenvalue weighted by atomic mass is 10.1. The Morgan fingerprint density at radius 2 is 1.75 bits per heavy atom. The molecule has 5 heteroatoms. The zero-order valence-electron chi connectivity index (χ0n) is 10.8. The summed E-state index contributed by atoms with van der Waals surface area (Å²) >= 11 is 0. The molecule has 1 N–H and O–H groups in total. The van der Waals surface area contributed by atoms with E-state index in [0.29, 0.717) is 17.1 Å². The third kappa shape index (κ3) is 1.91. The van der Waals surface area contributed by atoms with E-state index >= 15 is 0 Å². The van der Waals surface area contributed by atoms with Crippen molar-refractivity contribution in [3.8, 4) is 11.5 Å². The highest BCUT2D eigenvalue weighted by Gasteiger charge is 2.38. The maximum absolute atomic E-state index is 12.2. The summed E-state index contributed by atoms with van der Waals surface area (Å²) in [4.78, 5) is 0.184. The predicted molar refractivity (Wildman–Crippen MR) is 76.4 cm³/mol. The van der Waals surface area contributed by atoms with Gasteiger partial charge in [0.05, 0.1) is 10.6 Å². The fraction of sp³-hybridized carbons (Fsp3) is 0.133. The van der Waals surface area contributed by atoms with E-state index in [2.05, 4.69) is 0 Å². The van der Waals surface area contributed by atoms with Crippen LogP contribution >= 0.6 is 0 Å². The first-order chi connectivity index (χ1) is 9.50. The van der Waals surface area contributed by atoms with Crippen LogP contribution in [0, 0.1) is 5.41 Å². The van der Waals surface area contributed by atoms with Crippen molar-refractivity contribution in [1.82, 2.24) is 0 Å². The van der Waals surface area contributed by atoms with Crippen LogP contribution in [0.15, 0.2) is 53.4 Å². The van der Waals surface area contributed by atoms with Crippen LogP contribution in [-0.4, -0.2) is 19.4 Å². The van der Waals surface area contributed by atoms with Gasteiger partial charge >= 0.3 is 0 Å². The molecule has 2 aromatic rings. The second-order valence-corrected chi connectivity index (χ2v) is 6.91. The molecule has 0 saturated heterocycles. The third-order valence-electron chi connectivity index (χ3n) is 3.40. The highest BCUT2D eigenvalue weighted by atomic mass is 32.2. The number of sulfone groups is 1. The summed E-state index contributed by atoms with van der Waals surface area (Å²) in [5.41, 5.74) is 0.615. The molecule has 0 aromatic heterocycles. The van der Waals surface area contributed by atoms with Crippen LogP contribution in [0.4, 0.5) is 0 Å². The van der Waals surface area contributed by atoms with E-state index in [-0.39, 0.29) is 10.6 Å². The maximum Gasteiger partial charge on any atom is 0.187 e. The van der Waals surface area contributed by atoms with Gasteiger partial charge < -0.3 is 10.1 Å². The Morgan fingerprint density at radius 3 is 2.45 bits per heavy atom. The number of ether oxygens (including phenoxy) is 1. The zero-order chi connectivity index (χ0) is 14.3. The second kappa shape index (κ2) is 4.45. The van der Waals surface area contributed by atoms with Gasteiger partial charge in [-0.1, -0.05) is 18.2 Å². The first kappa shape index (κ1) is 12.9. The molecule has 0 spiro atoms. The minimum absolute atomic E-state index is 0.145. The van der Waals surface area contributed by atoms with Crippen LogP contribution < -0.4 is 4.74 Å². The number of hydrogen-bond acceptors (Lipinski definition) is 4. The molecule has 0 radical (unpaired) electrons. The average Bonchev–Trinajstić information content (AvgIpc) is 2.62. The predicted octanol–water partition coefficient (Wildman–Crippen LogP) is 3.02. The highest BCUT2D eigenvalue weighted by Crippen LogP contribution is 2.34. The van der Waals surface area contributed by atoms with E-state index in [1.807, 2.05) is 18.2 Å². The average molecular weight is 287 g/mol. The first-order valence-electron chi connectivity index (χ1n) is 6.20. The van der Waals surface area contributed by atoms with Crippen molar-refractivity contribution in [2.24, 2.45) is 0 Å². The molecule has 0 saturated carbocycles. The van der Waals surface area contributed by atoms with Crippen molar-refractivity contribution in [2.75, 3.05) is 0 Å². The molecule has 20 heavy (non-hydrogen) atoms. The quantitative estimate of drug-likeness (QED) is 0.923. The van der Waals surface area contributed by atoms with Crippen LogP contribution in [0.2, 0.25) is 0 Å². The second-order valence-electron chi connectivity index (χ2n) is 4.67. The monoisotopic (exact) mass is 287 g/mol. The van der Waals surface area contributed by atoms with Gasteiger partial charge in [0, 0.05) is 11.6 Å². The fourth-order valence-electron chi connectivity index (χ4n) is 2.21. The van der Waals surface area contributed by atoms with E-state index < -0.39 is 15.1 Å². The summed E-state index contributed by atoms with van der Waals surface area (Å²) < 4.78 is 30.0. The minimum atomic E-state index is -3.45. The SMILES string of the molecule is C[C@@H]1C(=N)c2ccc(Oc3ccccc3)cc2S1(=O)=O. The molecule has 4 nitrogen and oxygen atoms in total. The van der Waals surface area contributed by atoms with Crippen LogP contribution in [0.5, 0.6) is 11.5 Å². The number of nitrogens with one attached hydrogen (secondary N) is 1. The molecule has 0 aliphatic carbocycles. The Morgan fingerprint density at radius 1 is 1.05 bits per heavy atom. The zero-order valence-corrected chi connectivity index (χ0v) is 11.6. The Bertz CT molecular complexity index is 782. The Labute approximate surface area is 117 Å². The summed E-state index contributed by atoms with van der Waals surface area (Å²) in [5, 5.41) is 7.08. The third-order valence-corrected chi connectivity index (χ3v) is 5.52. The largest absolute Gasteiger partial charge is 0.457 e. The molecule has 1 heterocycles. The van der Waals surface area contributed by atoms with Crippen molar-refractivity contribution in [3.05, 3.63) is 54.1 Å². The van der Waals surface area contributed by atoms with E-state index in [1.165, 1.54) is 13.0 Å². The van der Waals surface area contributed by atoms with Gasteiger partial charge in [-0.05, 0) is 31.2 Å². The van der Waals surface area contributed by atoms with E-state index in [4.69, 9.17) is 10.1 Å². The molecule has 102 valence electrons. The first-order valence-corrected chi connectivity index (χ1v) is 7.74. The number of para-hydroxylation sites is 1. The topological polar surface area (TPSA) is 67.2 Å². The molecule has 2 aromatic carbocycles. The van der Waals surface area contributed by atoms with Gasteiger partial charge in [0.15, 0.2) is 9.84 Å².